The number of nitrogens with two attached hydrogens (primary N) is 1. The number of nitrogen functional groups attached to an aromatic ring is 1. The third-order valence-corrected chi connectivity index (χ3v) is 3.25. The largest absolute Gasteiger partial charge is 0.367 e. The lowest BCUT2D eigenvalue weighted by molar-refractivity contribution is 0.284. The van der Waals surface area contributed by atoms with Gasteiger partial charge in [0.05, 0.1) is 6.54 Å². The molecule has 0 radical (unpaired) electrons. The summed E-state index contributed by atoms with van der Waals surface area (Å²) in [7, 11) is 0. The summed E-state index contributed by atoms with van der Waals surface area (Å²) >= 11 is 2.03. The highest BCUT2D eigenvalue weighted by Gasteiger charge is 2.09. The van der Waals surface area contributed by atoms with Crippen LogP contribution in [-0.4, -0.2) is 50.8 Å². The molecule has 0 bridgehead atoms. The van der Waals surface area contributed by atoms with Crippen LogP contribution in [0.2, 0.25) is 0 Å². The lowest BCUT2D eigenvalue weighted by Crippen LogP contribution is -2.35. The van der Waals surface area contributed by atoms with E-state index < -0.39 is 0 Å². The fourth-order valence-corrected chi connectivity index (χ4v) is 2.46. The van der Waals surface area contributed by atoms with Gasteiger partial charge in [0.2, 0.25) is 5.95 Å². The van der Waals surface area contributed by atoms with Crippen LogP contribution in [0.4, 0.5) is 5.95 Å². The molecule has 1 aliphatic rings. The maximum Gasteiger partial charge on any atom is 0.239 e. The number of hydrogen-bond acceptors (Lipinski definition) is 5. The average Bonchev–Trinajstić information content (AvgIpc) is 2.63. The Morgan fingerprint density at radius 3 is 2.79 bits per heavy atom. The fourth-order valence-electron chi connectivity index (χ4n) is 1.49. The summed E-state index contributed by atoms with van der Waals surface area (Å²) in [6.07, 6.45) is 1.69. The van der Waals surface area contributed by atoms with Crippen molar-refractivity contribution in [3.05, 3.63) is 6.33 Å². The molecule has 0 unspecified atom stereocenters. The first-order chi connectivity index (χ1) is 6.84. The third kappa shape index (κ3) is 2.62. The molecule has 0 aromatic carbocycles. The summed E-state index contributed by atoms with van der Waals surface area (Å²) in [6.45, 7) is 4.31. The molecule has 2 rings (SSSR count). The van der Waals surface area contributed by atoms with Crippen molar-refractivity contribution in [1.29, 1.82) is 0 Å². The van der Waals surface area contributed by atoms with Crippen LogP contribution >= 0.6 is 11.8 Å². The Morgan fingerprint density at radius 1 is 1.36 bits per heavy atom. The van der Waals surface area contributed by atoms with Gasteiger partial charge in [-0.05, 0) is 0 Å². The fraction of sp³-hybridized carbons (Fsp3) is 0.750. The second-order valence-corrected chi connectivity index (χ2v) is 4.54. The van der Waals surface area contributed by atoms with Crippen molar-refractivity contribution in [3.8, 4) is 0 Å². The first-order valence-electron chi connectivity index (χ1n) is 4.79. The van der Waals surface area contributed by atoms with Gasteiger partial charge in [0.15, 0.2) is 0 Å². The van der Waals surface area contributed by atoms with Gasteiger partial charge in [0.25, 0.3) is 0 Å². The van der Waals surface area contributed by atoms with Crippen LogP contribution in [0.25, 0.3) is 0 Å². The molecule has 1 aliphatic heterocycles. The van der Waals surface area contributed by atoms with Crippen molar-refractivity contribution in [2.24, 2.45) is 0 Å². The van der Waals surface area contributed by atoms with Gasteiger partial charge in [0, 0.05) is 31.1 Å². The van der Waals surface area contributed by atoms with E-state index in [2.05, 4.69) is 15.0 Å². The van der Waals surface area contributed by atoms with Gasteiger partial charge >= 0.3 is 0 Å². The van der Waals surface area contributed by atoms with Gasteiger partial charge < -0.3 is 5.73 Å². The Kier molecular flexibility index (Phi) is 3.26. The average molecular weight is 213 g/mol. The van der Waals surface area contributed by atoms with Crippen molar-refractivity contribution in [1.82, 2.24) is 19.7 Å². The molecule has 0 atom stereocenters. The van der Waals surface area contributed by atoms with Gasteiger partial charge in [0.1, 0.15) is 6.33 Å². The Hall–Kier alpha value is -0.750. The van der Waals surface area contributed by atoms with E-state index >= 15 is 0 Å². The zero-order valence-corrected chi connectivity index (χ0v) is 8.91. The van der Waals surface area contributed by atoms with Crippen LogP contribution in [-0.2, 0) is 6.54 Å². The molecule has 5 nitrogen and oxygen atoms in total. The summed E-state index contributed by atoms with van der Waals surface area (Å²) in [5, 5.41) is 4.05. The molecule has 0 saturated carbocycles. The predicted octanol–water partition coefficient (Wildman–Crippen LogP) is -0.0909. The molecule has 2 N–H and O–H groups in total. The zero-order chi connectivity index (χ0) is 9.80. The summed E-state index contributed by atoms with van der Waals surface area (Å²) in [5.74, 6) is 2.86. The van der Waals surface area contributed by atoms with Crippen LogP contribution in [0.3, 0.4) is 0 Å². The second-order valence-electron chi connectivity index (χ2n) is 3.32. The van der Waals surface area contributed by atoms with Crippen molar-refractivity contribution in [2.45, 2.75) is 6.54 Å². The zero-order valence-electron chi connectivity index (χ0n) is 8.09. The molecular formula is C8H15N5S. The summed E-state index contributed by atoms with van der Waals surface area (Å²) in [5.41, 5.74) is 5.43. The minimum absolute atomic E-state index is 0.360. The monoisotopic (exact) mass is 213 g/mol. The van der Waals surface area contributed by atoms with Crippen molar-refractivity contribution in [3.63, 3.8) is 0 Å². The van der Waals surface area contributed by atoms with E-state index in [1.165, 1.54) is 24.6 Å². The van der Waals surface area contributed by atoms with Gasteiger partial charge in [-0.2, -0.15) is 11.8 Å². The van der Waals surface area contributed by atoms with E-state index in [-0.39, 0.29) is 0 Å². The number of anilines is 1. The van der Waals surface area contributed by atoms with Crippen LogP contribution in [0, 0.1) is 0 Å². The molecule has 0 amide bonds. The molecule has 2 heterocycles. The van der Waals surface area contributed by atoms with Gasteiger partial charge in [-0.3, -0.25) is 4.90 Å². The first-order valence-corrected chi connectivity index (χ1v) is 5.95. The number of nitrogens with zero attached hydrogens (tertiary/aromatic N) is 4. The second kappa shape index (κ2) is 4.65. The molecule has 14 heavy (non-hydrogen) atoms. The van der Waals surface area contributed by atoms with Gasteiger partial charge in [-0.1, -0.05) is 0 Å². The SMILES string of the molecule is Nc1ncn(CCN2CCSCC2)n1. The molecule has 0 aliphatic carbocycles. The molecule has 6 heteroatoms. The van der Waals surface area contributed by atoms with Gasteiger partial charge in [-0.25, -0.2) is 9.67 Å². The topological polar surface area (TPSA) is 60.0 Å². The predicted molar refractivity (Wildman–Crippen MR) is 58.2 cm³/mol. The highest BCUT2D eigenvalue weighted by molar-refractivity contribution is 7.99. The van der Waals surface area contributed by atoms with Crippen LogP contribution in [0.5, 0.6) is 0 Å². The maximum absolute atomic E-state index is 5.43. The number of aromatic nitrogens is 3. The van der Waals surface area contributed by atoms with Gasteiger partial charge in [-0.15, -0.1) is 5.10 Å². The highest BCUT2D eigenvalue weighted by atomic mass is 32.2. The van der Waals surface area contributed by atoms with E-state index in [1.54, 1.807) is 11.0 Å². The summed E-state index contributed by atoms with van der Waals surface area (Å²) in [6, 6.07) is 0. The molecule has 1 fully saturated rings. The Balaban J connectivity index is 1.76. The summed E-state index contributed by atoms with van der Waals surface area (Å²) < 4.78 is 1.80. The number of hydrogen-bond donors (Lipinski definition) is 1. The Bertz CT molecular complexity index is 281. The quantitative estimate of drug-likeness (QED) is 0.760. The Labute approximate surface area is 87.7 Å². The smallest absolute Gasteiger partial charge is 0.239 e. The molecule has 1 aromatic heterocycles. The van der Waals surface area contributed by atoms with Crippen molar-refractivity contribution >= 4 is 17.7 Å². The first kappa shape index (κ1) is 9.79. The third-order valence-electron chi connectivity index (χ3n) is 2.30. The summed E-state index contributed by atoms with van der Waals surface area (Å²) in [4.78, 5) is 6.34. The minimum Gasteiger partial charge on any atom is -0.367 e. The highest BCUT2D eigenvalue weighted by Crippen LogP contribution is 2.08. The normalized spacial score (nSPS) is 18.6. The minimum atomic E-state index is 0.360. The number of thioether (sulfide) groups is 1. The molecular weight excluding hydrogens is 198 g/mol. The van der Waals surface area contributed by atoms with E-state index in [0.717, 1.165) is 13.1 Å². The Morgan fingerprint density at radius 2 is 2.14 bits per heavy atom. The lowest BCUT2D eigenvalue weighted by atomic mass is 10.4. The number of rotatable bonds is 3. The van der Waals surface area contributed by atoms with Crippen molar-refractivity contribution < 1.29 is 0 Å². The maximum atomic E-state index is 5.43. The van der Waals surface area contributed by atoms with E-state index in [4.69, 9.17) is 5.73 Å². The lowest BCUT2D eigenvalue weighted by Gasteiger charge is -2.25. The van der Waals surface area contributed by atoms with E-state index in [0.29, 0.717) is 5.95 Å². The van der Waals surface area contributed by atoms with Crippen LogP contribution < -0.4 is 5.73 Å². The molecule has 0 spiro atoms. The van der Waals surface area contributed by atoms with E-state index in [1.807, 2.05) is 11.8 Å². The molecule has 78 valence electrons. The standard InChI is InChI=1S/C8H15N5S/c9-8-10-7-13(11-8)2-1-12-3-5-14-6-4-12/h7H,1-6H2,(H2,9,11). The van der Waals surface area contributed by atoms with Crippen molar-refractivity contribution in [2.75, 3.05) is 36.9 Å². The van der Waals surface area contributed by atoms with E-state index in [9.17, 15) is 0 Å². The molecule has 1 saturated heterocycles. The molecule has 1 aromatic rings. The van der Waals surface area contributed by atoms with Crippen LogP contribution in [0.15, 0.2) is 6.33 Å². The van der Waals surface area contributed by atoms with Crippen LogP contribution in [0.1, 0.15) is 0 Å².